The van der Waals surface area contributed by atoms with Crippen molar-refractivity contribution in [1.82, 2.24) is 9.55 Å². The first-order valence-electron chi connectivity index (χ1n) is 9.57. The number of benzene rings is 2. The Bertz CT molecular complexity index is 1320. The molecule has 1 aliphatic carbocycles. The van der Waals surface area contributed by atoms with Gasteiger partial charge >= 0.3 is 0 Å². The zero-order chi connectivity index (χ0) is 21.3. The number of hydrogen-bond donors (Lipinski definition) is 1. The summed E-state index contributed by atoms with van der Waals surface area (Å²) in [5.41, 5.74) is 0.576. The number of fused-ring (bicyclic) bond motifs is 1. The molecule has 3 aromatic rings. The van der Waals surface area contributed by atoms with Gasteiger partial charge in [0.25, 0.3) is 5.56 Å². The maximum absolute atomic E-state index is 12.7. The molecule has 4 rings (SSSR count). The van der Waals surface area contributed by atoms with E-state index in [0.717, 1.165) is 12.8 Å². The van der Waals surface area contributed by atoms with Crippen molar-refractivity contribution in [3.05, 3.63) is 58.6 Å². The Morgan fingerprint density at radius 2 is 2.00 bits per heavy atom. The molecule has 0 saturated heterocycles. The number of aryl methyl sites for hydroxylation is 1. The number of sulfonamides is 1. The molecule has 1 aliphatic rings. The van der Waals surface area contributed by atoms with Crippen LogP contribution in [0.3, 0.4) is 0 Å². The average Bonchev–Trinajstić information content (AvgIpc) is 3.27. The van der Waals surface area contributed by atoms with Gasteiger partial charge in [-0.1, -0.05) is 18.9 Å². The summed E-state index contributed by atoms with van der Waals surface area (Å²) in [6.07, 6.45) is 4.45. The van der Waals surface area contributed by atoms with Crippen LogP contribution in [-0.2, 0) is 17.1 Å². The fraction of sp³-hybridized carbons (Fsp3) is 0.286. The van der Waals surface area contributed by atoms with Crippen LogP contribution in [0.5, 0.6) is 11.5 Å². The zero-order valence-electron chi connectivity index (χ0n) is 16.3. The van der Waals surface area contributed by atoms with E-state index in [1.54, 1.807) is 37.4 Å². The van der Waals surface area contributed by atoms with Crippen LogP contribution in [0.1, 0.15) is 31.2 Å². The molecule has 0 atom stereocenters. The van der Waals surface area contributed by atoms with E-state index in [9.17, 15) is 18.5 Å². The van der Waals surface area contributed by atoms with Gasteiger partial charge in [0, 0.05) is 7.05 Å². The highest BCUT2D eigenvalue weighted by atomic mass is 32.2. The molecule has 0 radical (unpaired) electrons. The lowest BCUT2D eigenvalue weighted by atomic mass is 10.2. The maximum Gasteiger partial charge on any atom is 0.261 e. The molecule has 9 heteroatoms. The fourth-order valence-electron chi connectivity index (χ4n) is 3.63. The Labute approximate surface area is 173 Å². The third-order valence-electron chi connectivity index (χ3n) is 5.25. The van der Waals surface area contributed by atoms with Crippen molar-refractivity contribution in [1.29, 1.82) is 5.26 Å². The predicted octanol–water partition coefficient (Wildman–Crippen LogP) is 3.28. The molecule has 8 nitrogen and oxygen atoms in total. The number of anilines is 1. The Balaban J connectivity index is 1.68. The summed E-state index contributed by atoms with van der Waals surface area (Å²) in [5.74, 6) is 0.545. The minimum absolute atomic E-state index is 0.0817. The van der Waals surface area contributed by atoms with Gasteiger partial charge in [0.1, 0.15) is 23.1 Å². The van der Waals surface area contributed by atoms with Crippen molar-refractivity contribution in [3.63, 3.8) is 0 Å². The molecule has 1 fully saturated rings. The zero-order valence-corrected chi connectivity index (χ0v) is 17.1. The first-order valence-corrected chi connectivity index (χ1v) is 11.1. The summed E-state index contributed by atoms with van der Waals surface area (Å²) in [6.45, 7) is 0. The van der Waals surface area contributed by atoms with Crippen LogP contribution in [0, 0.1) is 11.3 Å². The van der Waals surface area contributed by atoms with Gasteiger partial charge in [-0.05, 0) is 43.2 Å². The van der Waals surface area contributed by atoms with Gasteiger partial charge in [0.05, 0.1) is 28.2 Å². The molecule has 1 aromatic heterocycles. The van der Waals surface area contributed by atoms with Crippen molar-refractivity contribution in [2.75, 3.05) is 4.72 Å². The van der Waals surface area contributed by atoms with Crippen molar-refractivity contribution in [3.8, 4) is 17.6 Å². The highest BCUT2D eigenvalue weighted by Crippen LogP contribution is 2.33. The number of aromatic nitrogens is 2. The van der Waals surface area contributed by atoms with Crippen molar-refractivity contribution >= 4 is 26.6 Å². The molecule has 1 N–H and O–H groups in total. The second-order valence-electron chi connectivity index (χ2n) is 7.29. The molecule has 1 saturated carbocycles. The fourth-order valence-corrected chi connectivity index (χ4v) is 5.23. The van der Waals surface area contributed by atoms with Crippen molar-refractivity contribution in [2.24, 2.45) is 7.05 Å². The molecular weight excluding hydrogens is 404 g/mol. The van der Waals surface area contributed by atoms with E-state index in [2.05, 4.69) is 9.71 Å². The maximum atomic E-state index is 12.7. The molecule has 154 valence electrons. The molecule has 1 heterocycles. The van der Waals surface area contributed by atoms with Gasteiger partial charge in [-0.25, -0.2) is 13.4 Å². The van der Waals surface area contributed by atoms with E-state index in [1.807, 2.05) is 6.07 Å². The molecular formula is C21H20N4O4S. The first-order chi connectivity index (χ1) is 14.4. The van der Waals surface area contributed by atoms with E-state index in [4.69, 9.17) is 4.74 Å². The van der Waals surface area contributed by atoms with Crippen LogP contribution in [0.4, 0.5) is 5.69 Å². The number of ether oxygens (including phenoxy) is 1. The SMILES string of the molecule is Cn1cnc2ccc(Oc3cccc(NS(=O)(=O)C4CCCC4)c3C#N)cc2c1=O. The summed E-state index contributed by atoms with van der Waals surface area (Å²) in [7, 11) is -1.98. The van der Waals surface area contributed by atoms with Crippen LogP contribution >= 0.6 is 0 Å². The highest BCUT2D eigenvalue weighted by molar-refractivity contribution is 7.93. The third-order valence-corrected chi connectivity index (χ3v) is 7.10. The topological polar surface area (TPSA) is 114 Å². The second-order valence-corrected chi connectivity index (χ2v) is 9.25. The summed E-state index contributed by atoms with van der Waals surface area (Å²) >= 11 is 0. The van der Waals surface area contributed by atoms with E-state index in [0.29, 0.717) is 29.5 Å². The lowest BCUT2D eigenvalue weighted by Crippen LogP contribution is -2.25. The molecule has 0 unspecified atom stereocenters. The minimum Gasteiger partial charge on any atom is -0.456 e. The van der Waals surface area contributed by atoms with Crippen molar-refractivity contribution < 1.29 is 13.2 Å². The Morgan fingerprint density at radius 1 is 1.23 bits per heavy atom. The molecule has 0 spiro atoms. The predicted molar refractivity (Wildman–Crippen MR) is 113 cm³/mol. The van der Waals surface area contributed by atoms with Gasteiger partial charge < -0.3 is 9.30 Å². The quantitative estimate of drug-likeness (QED) is 0.672. The Kier molecular flexibility index (Phi) is 5.18. The van der Waals surface area contributed by atoms with Crippen LogP contribution in [0.25, 0.3) is 10.9 Å². The largest absolute Gasteiger partial charge is 0.456 e. The summed E-state index contributed by atoms with van der Waals surface area (Å²) in [5, 5.41) is 9.60. The Hall–Kier alpha value is -3.38. The molecule has 0 bridgehead atoms. The lowest BCUT2D eigenvalue weighted by molar-refractivity contribution is 0.482. The minimum atomic E-state index is -3.58. The third kappa shape index (κ3) is 3.74. The van der Waals surface area contributed by atoms with Gasteiger partial charge in [-0.3, -0.25) is 9.52 Å². The molecule has 2 aromatic carbocycles. The summed E-state index contributed by atoms with van der Waals surface area (Å²) in [4.78, 5) is 16.5. The van der Waals surface area contributed by atoms with E-state index < -0.39 is 15.3 Å². The molecule has 30 heavy (non-hydrogen) atoms. The standard InChI is InChI=1S/C21H20N4O4S/c1-25-13-23-18-10-9-14(11-16(18)21(25)26)29-20-8-4-7-19(17(20)12-22)24-30(27,28)15-5-2-3-6-15/h4,7-11,13,15,24H,2-3,5-6H2,1H3. The second kappa shape index (κ2) is 7.80. The normalized spacial score (nSPS) is 14.5. The van der Waals surface area contributed by atoms with Crippen molar-refractivity contribution in [2.45, 2.75) is 30.9 Å². The smallest absolute Gasteiger partial charge is 0.261 e. The van der Waals surface area contributed by atoms with E-state index >= 15 is 0 Å². The van der Waals surface area contributed by atoms with Gasteiger partial charge in [0.15, 0.2) is 0 Å². The summed E-state index contributed by atoms with van der Waals surface area (Å²) < 4.78 is 35.1. The van der Waals surface area contributed by atoms with E-state index in [1.165, 1.54) is 17.0 Å². The summed E-state index contributed by atoms with van der Waals surface area (Å²) in [6, 6.07) is 11.6. The lowest BCUT2D eigenvalue weighted by Gasteiger charge is -2.16. The van der Waals surface area contributed by atoms with Gasteiger partial charge in [-0.2, -0.15) is 5.26 Å². The van der Waals surface area contributed by atoms with Gasteiger partial charge in [0.2, 0.25) is 10.0 Å². The van der Waals surface area contributed by atoms with E-state index in [-0.39, 0.29) is 22.6 Å². The monoisotopic (exact) mass is 424 g/mol. The van der Waals surface area contributed by atoms with Gasteiger partial charge in [-0.15, -0.1) is 0 Å². The van der Waals surface area contributed by atoms with Crippen LogP contribution in [-0.4, -0.2) is 23.2 Å². The van der Waals surface area contributed by atoms with Crippen LogP contribution < -0.4 is 15.0 Å². The first kappa shape index (κ1) is 19.9. The highest BCUT2D eigenvalue weighted by Gasteiger charge is 2.29. The average molecular weight is 424 g/mol. The number of nitrogens with one attached hydrogen (secondary N) is 1. The molecule has 0 aliphatic heterocycles. The number of nitriles is 1. The van der Waals surface area contributed by atoms with Crippen LogP contribution in [0.15, 0.2) is 47.5 Å². The number of hydrogen-bond acceptors (Lipinski definition) is 6. The number of rotatable bonds is 5. The molecule has 0 amide bonds. The Morgan fingerprint density at radius 3 is 2.73 bits per heavy atom. The number of nitrogens with zero attached hydrogens (tertiary/aromatic N) is 3. The van der Waals surface area contributed by atoms with Crippen LogP contribution in [0.2, 0.25) is 0 Å².